The third kappa shape index (κ3) is 3.05. The maximum Gasteiger partial charge on any atom is 0.184 e. The number of ketones is 1. The molecule has 2 aromatic rings. The Hall–Kier alpha value is -1.46. The van der Waals surface area contributed by atoms with E-state index in [9.17, 15) is 4.79 Å². The average molecular weight is 285 g/mol. The van der Waals surface area contributed by atoms with Gasteiger partial charge in [-0.05, 0) is 34.7 Å². The third-order valence-electron chi connectivity index (χ3n) is 2.38. The first-order valence-electron chi connectivity index (χ1n) is 5.30. The summed E-state index contributed by atoms with van der Waals surface area (Å²) in [6, 6.07) is 6.70. The summed E-state index contributed by atoms with van der Waals surface area (Å²) in [6.07, 6.45) is 0.530. The summed E-state index contributed by atoms with van der Waals surface area (Å²) in [4.78, 5) is 12.0. The number of hydrogen-bond donors (Lipinski definition) is 0. The van der Waals surface area contributed by atoms with Gasteiger partial charge in [-0.2, -0.15) is 0 Å². The van der Waals surface area contributed by atoms with E-state index < -0.39 is 0 Å². The highest BCUT2D eigenvalue weighted by Gasteiger charge is 2.11. The first kappa shape index (κ1) is 13.0. The number of carbonyl (C=O) groups is 1. The Bertz CT molecular complexity index is 538. The number of rotatable bonds is 5. The van der Waals surface area contributed by atoms with Crippen LogP contribution in [0.15, 0.2) is 24.3 Å². The van der Waals surface area contributed by atoms with Crippen molar-refractivity contribution in [2.45, 2.75) is 13.0 Å². The molecule has 18 heavy (non-hydrogen) atoms. The number of carbonyl (C=O) groups excluding carboxylic acids is 1. The van der Waals surface area contributed by atoms with Gasteiger partial charge in [-0.3, -0.25) is 4.79 Å². The fourth-order valence-corrected chi connectivity index (χ4v) is 1.77. The number of hydrogen-bond acceptors (Lipinski definition) is 4. The smallest absolute Gasteiger partial charge is 0.184 e. The zero-order valence-electron chi connectivity index (χ0n) is 9.38. The predicted octanol–water partition coefficient (Wildman–Crippen LogP) is 1.99. The molecule has 1 aromatic heterocycles. The van der Waals surface area contributed by atoms with Crippen molar-refractivity contribution in [1.29, 1.82) is 0 Å². The predicted molar refractivity (Wildman–Crippen MR) is 68.0 cm³/mol. The van der Waals surface area contributed by atoms with Crippen molar-refractivity contribution in [2.24, 2.45) is 0 Å². The molecule has 0 N–H and O–H groups in total. The van der Waals surface area contributed by atoms with E-state index in [0.29, 0.717) is 28.7 Å². The van der Waals surface area contributed by atoms with E-state index in [1.807, 2.05) is 0 Å². The van der Waals surface area contributed by atoms with Crippen LogP contribution in [0.5, 0.6) is 0 Å². The van der Waals surface area contributed by atoms with Gasteiger partial charge in [0, 0.05) is 22.9 Å². The maximum atomic E-state index is 12.0. The van der Waals surface area contributed by atoms with Crippen LogP contribution in [0, 0.1) is 0 Å². The molecule has 0 spiro atoms. The molecule has 0 saturated carbocycles. The number of halogens is 2. The topological polar surface area (TPSA) is 60.7 Å². The van der Waals surface area contributed by atoms with Gasteiger partial charge in [-0.1, -0.05) is 11.6 Å². The maximum absolute atomic E-state index is 12.0. The number of aromatic nitrogens is 4. The number of Topliss-reactive ketones (excluding diaryl/α,β-unsaturated/α-hetero) is 1. The van der Waals surface area contributed by atoms with Gasteiger partial charge in [0.05, 0.1) is 0 Å². The Morgan fingerprint density at radius 3 is 2.67 bits per heavy atom. The molecular formula is C11H10Cl2N4O. The number of nitrogens with zero attached hydrogens (tertiary/aromatic N) is 4. The monoisotopic (exact) mass is 284 g/mol. The lowest BCUT2D eigenvalue weighted by Gasteiger charge is -2.03. The van der Waals surface area contributed by atoms with E-state index in [2.05, 4.69) is 15.5 Å². The van der Waals surface area contributed by atoms with Gasteiger partial charge in [0.25, 0.3) is 0 Å². The van der Waals surface area contributed by atoms with Crippen LogP contribution in [0.25, 0.3) is 0 Å². The highest BCUT2D eigenvalue weighted by molar-refractivity contribution is 6.30. The zero-order valence-corrected chi connectivity index (χ0v) is 10.9. The second kappa shape index (κ2) is 5.93. The first-order chi connectivity index (χ1) is 8.70. The quantitative estimate of drug-likeness (QED) is 0.622. The lowest BCUT2D eigenvalue weighted by Crippen LogP contribution is -2.15. The van der Waals surface area contributed by atoms with Gasteiger partial charge in [-0.25, -0.2) is 4.68 Å². The third-order valence-corrected chi connectivity index (χ3v) is 2.82. The summed E-state index contributed by atoms with van der Waals surface area (Å²) >= 11 is 11.4. The number of benzene rings is 1. The van der Waals surface area contributed by atoms with Crippen molar-refractivity contribution < 1.29 is 4.79 Å². The van der Waals surface area contributed by atoms with Crippen LogP contribution < -0.4 is 0 Å². The van der Waals surface area contributed by atoms with Gasteiger partial charge in [0.15, 0.2) is 11.6 Å². The van der Waals surface area contributed by atoms with Crippen molar-refractivity contribution in [3.63, 3.8) is 0 Å². The minimum absolute atomic E-state index is 0.0743. The van der Waals surface area contributed by atoms with Crippen molar-refractivity contribution in [2.75, 3.05) is 5.88 Å². The number of aryl methyl sites for hydroxylation is 1. The molecule has 94 valence electrons. The summed E-state index contributed by atoms with van der Waals surface area (Å²) in [7, 11) is 0. The Morgan fingerprint density at radius 2 is 2.00 bits per heavy atom. The van der Waals surface area contributed by atoms with Crippen LogP contribution in [0.4, 0.5) is 0 Å². The molecule has 0 unspecified atom stereocenters. The fraction of sp³-hybridized carbons (Fsp3) is 0.273. The summed E-state index contributed by atoms with van der Waals surface area (Å²) in [5.74, 6) is 0.942. The molecule has 7 heteroatoms. The number of alkyl halides is 1. The molecule has 0 bridgehead atoms. The molecule has 0 fully saturated rings. The molecule has 0 amide bonds. The molecule has 1 aromatic carbocycles. The van der Waals surface area contributed by atoms with Gasteiger partial charge >= 0.3 is 0 Å². The van der Waals surface area contributed by atoms with Gasteiger partial charge in [0.1, 0.15) is 6.54 Å². The molecule has 0 saturated heterocycles. The summed E-state index contributed by atoms with van der Waals surface area (Å²) in [5.41, 5.74) is 0.576. The Kier molecular flexibility index (Phi) is 4.28. The van der Waals surface area contributed by atoms with Crippen LogP contribution in [-0.2, 0) is 13.0 Å². The lowest BCUT2D eigenvalue weighted by atomic mass is 10.1. The van der Waals surface area contributed by atoms with Crippen LogP contribution in [0.1, 0.15) is 16.2 Å². The van der Waals surface area contributed by atoms with Crippen molar-refractivity contribution in [1.82, 2.24) is 20.2 Å². The van der Waals surface area contributed by atoms with E-state index in [1.165, 1.54) is 4.68 Å². The van der Waals surface area contributed by atoms with Gasteiger partial charge < -0.3 is 0 Å². The van der Waals surface area contributed by atoms with Crippen LogP contribution in [-0.4, -0.2) is 31.9 Å². The van der Waals surface area contributed by atoms with Gasteiger partial charge in [-0.15, -0.1) is 16.7 Å². The fourth-order valence-electron chi connectivity index (χ4n) is 1.47. The van der Waals surface area contributed by atoms with E-state index in [0.717, 1.165) is 0 Å². The molecule has 0 aliphatic carbocycles. The van der Waals surface area contributed by atoms with E-state index >= 15 is 0 Å². The molecule has 2 rings (SSSR count). The molecular weight excluding hydrogens is 275 g/mol. The second-order valence-electron chi connectivity index (χ2n) is 3.62. The molecule has 1 heterocycles. The highest BCUT2D eigenvalue weighted by Crippen LogP contribution is 2.10. The van der Waals surface area contributed by atoms with Crippen LogP contribution >= 0.6 is 23.2 Å². The standard InChI is InChI=1S/C11H10Cl2N4O/c12-6-5-11-14-15-16-17(11)7-10(18)8-1-3-9(13)4-2-8/h1-4H,5-7H2. The van der Waals surface area contributed by atoms with Crippen molar-refractivity contribution >= 4 is 29.0 Å². The van der Waals surface area contributed by atoms with E-state index in [-0.39, 0.29) is 12.3 Å². The molecule has 0 aliphatic rings. The minimum atomic E-state index is -0.0743. The largest absolute Gasteiger partial charge is 0.292 e. The van der Waals surface area contributed by atoms with Crippen molar-refractivity contribution in [3.8, 4) is 0 Å². The SMILES string of the molecule is O=C(Cn1nnnc1CCCl)c1ccc(Cl)cc1. The van der Waals surface area contributed by atoms with E-state index in [1.54, 1.807) is 24.3 Å². The molecule has 0 radical (unpaired) electrons. The summed E-state index contributed by atoms with van der Waals surface area (Å²) < 4.78 is 1.46. The van der Waals surface area contributed by atoms with Crippen LogP contribution in [0.3, 0.4) is 0 Å². The summed E-state index contributed by atoms with van der Waals surface area (Å²) in [5, 5.41) is 11.7. The minimum Gasteiger partial charge on any atom is -0.292 e. The molecule has 5 nitrogen and oxygen atoms in total. The summed E-state index contributed by atoms with van der Waals surface area (Å²) in [6.45, 7) is 0.0981. The second-order valence-corrected chi connectivity index (χ2v) is 4.44. The Labute approximate surface area is 114 Å². The van der Waals surface area contributed by atoms with Crippen LogP contribution in [0.2, 0.25) is 5.02 Å². The zero-order chi connectivity index (χ0) is 13.0. The molecule has 0 atom stereocenters. The molecule has 0 aliphatic heterocycles. The first-order valence-corrected chi connectivity index (χ1v) is 6.21. The van der Waals surface area contributed by atoms with Gasteiger partial charge in [0.2, 0.25) is 0 Å². The number of tetrazole rings is 1. The Morgan fingerprint density at radius 1 is 1.28 bits per heavy atom. The normalized spacial score (nSPS) is 10.6. The highest BCUT2D eigenvalue weighted by atomic mass is 35.5. The van der Waals surface area contributed by atoms with E-state index in [4.69, 9.17) is 23.2 Å². The van der Waals surface area contributed by atoms with Crippen molar-refractivity contribution in [3.05, 3.63) is 40.7 Å². The Balaban J connectivity index is 2.11. The lowest BCUT2D eigenvalue weighted by molar-refractivity contribution is 0.0965. The average Bonchev–Trinajstić information content (AvgIpc) is 2.78.